The first-order valence-electron chi connectivity index (χ1n) is 6.02. The number of anilines is 2. The van der Waals surface area contributed by atoms with E-state index in [0.29, 0.717) is 12.0 Å². The van der Waals surface area contributed by atoms with Crippen molar-refractivity contribution >= 4 is 50.0 Å². The zero-order valence-electron chi connectivity index (χ0n) is 12.0. The van der Waals surface area contributed by atoms with Gasteiger partial charge in [-0.3, -0.25) is 4.55 Å². The molecule has 130 valence electrons. The van der Waals surface area contributed by atoms with E-state index >= 15 is 0 Å². The molecule has 0 unspecified atom stereocenters. The topological polar surface area (TPSA) is 190 Å². The van der Waals surface area contributed by atoms with Gasteiger partial charge in [0.1, 0.15) is 16.3 Å². The van der Waals surface area contributed by atoms with Gasteiger partial charge >= 0.3 is 0 Å². The average Bonchev–Trinajstić information content (AvgIpc) is 2.50. The number of benzene rings is 2. The van der Waals surface area contributed by atoms with Gasteiger partial charge < -0.3 is 16.6 Å². The van der Waals surface area contributed by atoms with Crippen molar-refractivity contribution in [1.82, 2.24) is 0 Å². The van der Waals surface area contributed by atoms with E-state index in [1.54, 1.807) is 0 Å². The number of phenolic OH excluding ortho intramolecular Hbond substituents is 1. The zero-order chi connectivity index (χ0) is 18.1. The molecule has 0 spiro atoms. The summed E-state index contributed by atoms with van der Waals surface area (Å²) >= 11 is 0.458. The summed E-state index contributed by atoms with van der Waals surface area (Å²) in [5, 5.41) is 29.0. The summed E-state index contributed by atoms with van der Waals surface area (Å²) in [5.74, 6) is -0.469. The Bertz CT molecular complexity index is 930. The molecule has 7 N–H and O–H groups in total. The predicted molar refractivity (Wildman–Crippen MR) is 85.3 cm³/mol. The third-order valence-corrected chi connectivity index (χ3v) is 4.52. The van der Waals surface area contributed by atoms with Gasteiger partial charge in [-0.2, -0.15) is 18.6 Å². The largest absolute Gasteiger partial charge is 0.505 e. The smallest absolute Gasteiger partial charge is 0.296 e. The van der Waals surface area contributed by atoms with Gasteiger partial charge in [-0.05, 0) is 17.5 Å². The van der Waals surface area contributed by atoms with E-state index in [0.717, 1.165) is 6.07 Å². The first-order valence-corrected chi connectivity index (χ1v) is 8.20. The number of hydrogen-bond donors (Lipinski definition) is 5. The molecule has 0 radical (unpaired) electrons. The fourth-order valence-corrected chi connectivity index (χ4v) is 3.19. The van der Waals surface area contributed by atoms with E-state index in [-0.39, 0.29) is 32.7 Å². The van der Waals surface area contributed by atoms with Gasteiger partial charge in [0.05, 0.1) is 33.7 Å². The molecule has 0 aliphatic heterocycles. The van der Waals surface area contributed by atoms with Crippen LogP contribution in [0.3, 0.4) is 0 Å². The standard InChI is InChI=1S/C11H12N4O7S2/c1-14-15-10-6(24(18,19)20)3-4-2-5(23-22-21-17)8(12)11(16)7(4)9(10)13/h2-3,16-17H,12-13H2,1H3,(H,18,19,20). The molecule has 2 rings (SSSR count). The number of rotatable bonds is 5. The third-order valence-electron chi connectivity index (χ3n) is 3.01. The Morgan fingerprint density at radius 3 is 2.46 bits per heavy atom. The minimum Gasteiger partial charge on any atom is -0.505 e. The second-order valence-electron chi connectivity index (χ2n) is 4.37. The van der Waals surface area contributed by atoms with Gasteiger partial charge in [-0.1, -0.05) is 5.04 Å². The molecule has 0 saturated heterocycles. The Morgan fingerprint density at radius 1 is 1.25 bits per heavy atom. The van der Waals surface area contributed by atoms with Crippen LogP contribution < -0.4 is 11.5 Å². The molecule has 0 atom stereocenters. The lowest BCUT2D eigenvalue weighted by molar-refractivity contribution is -0.432. The van der Waals surface area contributed by atoms with E-state index in [9.17, 15) is 18.1 Å². The van der Waals surface area contributed by atoms with Crippen molar-refractivity contribution in [3.63, 3.8) is 0 Å². The molecule has 0 saturated carbocycles. The van der Waals surface area contributed by atoms with E-state index in [4.69, 9.17) is 16.7 Å². The maximum Gasteiger partial charge on any atom is 0.296 e. The highest BCUT2D eigenvalue weighted by Gasteiger charge is 2.24. The lowest BCUT2D eigenvalue weighted by Crippen LogP contribution is -2.02. The normalized spacial score (nSPS) is 12.3. The zero-order valence-corrected chi connectivity index (χ0v) is 13.6. The highest BCUT2D eigenvalue weighted by atomic mass is 32.2. The van der Waals surface area contributed by atoms with Gasteiger partial charge in [0.25, 0.3) is 10.1 Å². The molecule has 2 aromatic rings. The van der Waals surface area contributed by atoms with Gasteiger partial charge in [0.2, 0.25) is 0 Å². The molecular formula is C11H12N4O7S2. The molecule has 0 aliphatic carbocycles. The molecule has 2 aromatic carbocycles. The molecule has 13 heteroatoms. The van der Waals surface area contributed by atoms with Gasteiger partial charge in [-0.25, -0.2) is 5.26 Å². The van der Waals surface area contributed by atoms with Crippen molar-refractivity contribution in [2.45, 2.75) is 9.79 Å². The molecule has 0 bridgehead atoms. The summed E-state index contributed by atoms with van der Waals surface area (Å²) in [5.41, 5.74) is 10.9. The molecule has 11 nitrogen and oxygen atoms in total. The lowest BCUT2D eigenvalue weighted by atomic mass is 10.1. The lowest BCUT2D eigenvalue weighted by Gasteiger charge is -2.14. The van der Waals surface area contributed by atoms with E-state index in [2.05, 4.69) is 19.6 Å². The number of azo groups is 1. The number of fused-ring (bicyclic) bond motifs is 1. The van der Waals surface area contributed by atoms with Crippen molar-refractivity contribution in [1.29, 1.82) is 0 Å². The van der Waals surface area contributed by atoms with Crippen LogP contribution in [0.1, 0.15) is 0 Å². The van der Waals surface area contributed by atoms with E-state index in [1.807, 2.05) is 0 Å². The fourth-order valence-electron chi connectivity index (χ4n) is 2.06. The van der Waals surface area contributed by atoms with Crippen LogP contribution in [-0.2, 0) is 19.5 Å². The van der Waals surface area contributed by atoms with Crippen molar-refractivity contribution in [2.24, 2.45) is 10.2 Å². The van der Waals surface area contributed by atoms with Crippen LogP contribution in [0.5, 0.6) is 5.75 Å². The number of phenols is 1. The Kier molecular flexibility index (Phi) is 5.12. The van der Waals surface area contributed by atoms with Crippen LogP contribution in [0, 0.1) is 0 Å². The quantitative estimate of drug-likeness (QED) is 0.0981. The number of nitrogens with zero attached hydrogens (tertiary/aromatic N) is 2. The number of nitrogen functional groups attached to an aromatic ring is 2. The summed E-state index contributed by atoms with van der Waals surface area (Å²) in [6.45, 7) is 0. The van der Waals surface area contributed by atoms with Crippen LogP contribution >= 0.6 is 12.0 Å². The summed E-state index contributed by atoms with van der Waals surface area (Å²) in [4.78, 5) is -0.503. The Hall–Kier alpha value is -2.16. The highest BCUT2D eigenvalue weighted by molar-refractivity contribution is 7.94. The van der Waals surface area contributed by atoms with Crippen LogP contribution in [0.4, 0.5) is 17.1 Å². The van der Waals surface area contributed by atoms with Crippen molar-refractivity contribution in [2.75, 3.05) is 18.5 Å². The van der Waals surface area contributed by atoms with E-state index < -0.39 is 20.8 Å². The monoisotopic (exact) mass is 376 g/mol. The maximum absolute atomic E-state index is 11.6. The molecule has 0 aromatic heterocycles. The Balaban J connectivity index is 2.92. The summed E-state index contributed by atoms with van der Waals surface area (Å²) in [6.07, 6.45) is 0. The SMILES string of the molecule is CN=Nc1c(S(=O)(=O)O)cc2cc(SOOO)c(N)c(O)c2c1N. The second kappa shape index (κ2) is 6.76. The number of aromatic hydroxyl groups is 1. The van der Waals surface area contributed by atoms with E-state index in [1.165, 1.54) is 13.1 Å². The summed E-state index contributed by atoms with van der Waals surface area (Å²) in [6, 6.07) is 2.35. The van der Waals surface area contributed by atoms with Crippen molar-refractivity contribution in [3.8, 4) is 5.75 Å². The van der Waals surface area contributed by atoms with Gasteiger partial charge in [0.15, 0.2) is 0 Å². The molecular weight excluding hydrogens is 364 g/mol. The average molecular weight is 376 g/mol. The Morgan fingerprint density at radius 2 is 1.92 bits per heavy atom. The molecule has 0 amide bonds. The van der Waals surface area contributed by atoms with Crippen LogP contribution in [0.2, 0.25) is 0 Å². The molecule has 24 heavy (non-hydrogen) atoms. The summed E-state index contributed by atoms with van der Waals surface area (Å²) < 4.78 is 36.7. The minimum absolute atomic E-state index is 0.0107. The van der Waals surface area contributed by atoms with Crippen LogP contribution in [-0.4, -0.2) is 30.4 Å². The Labute approximate surface area is 139 Å². The third kappa shape index (κ3) is 3.21. The minimum atomic E-state index is -4.67. The number of nitrogens with two attached hydrogens (primary N) is 2. The first kappa shape index (κ1) is 18.2. The number of hydrogen-bond acceptors (Lipinski definition) is 11. The summed E-state index contributed by atoms with van der Waals surface area (Å²) in [7, 11) is -3.40. The van der Waals surface area contributed by atoms with Crippen molar-refractivity contribution in [3.05, 3.63) is 12.1 Å². The highest BCUT2D eigenvalue weighted by Crippen LogP contribution is 2.46. The molecule has 0 aliphatic rings. The predicted octanol–water partition coefficient (Wildman–Crippen LogP) is 2.10. The maximum atomic E-state index is 11.6. The molecule has 0 heterocycles. The van der Waals surface area contributed by atoms with Crippen molar-refractivity contribution < 1.29 is 32.7 Å². The molecule has 0 fully saturated rings. The van der Waals surface area contributed by atoms with Gasteiger partial charge in [0, 0.05) is 7.05 Å². The first-order chi connectivity index (χ1) is 11.2. The second-order valence-corrected chi connectivity index (χ2v) is 6.51. The van der Waals surface area contributed by atoms with Crippen LogP contribution in [0.25, 0.3) is 10.8 Å². The van der Waals surface area contributed by atoms with Crippen LogP contribution in [0.15, 0.2) is 32.2 Å². The fraction of sp³-hybridized carbons (Fsp3) is 0.0909. The van der Waals surface area contributed by atoms with Gasteiger partial charge in [-0.15, -0.1) is 4.33 Å².